The van der Waals surface area contributed by atoms with Crippen LogP contribution in [-0.2, 0) is 7.05 Å². The van der Waals surface area contributed by atoms with Gasteiger partial charge in [-0.25, -0.2) is 4.98 Å². The molecule has 10 heavy (non-hydrogen) atoms. The summed E-state index contributed by atoms with van der Waals surface area (Å²) in [6.45, 7) is 7.36. The molecule has 1 rings (SSSR count). The van der Waals surface area contributed by atoms with Crippen LogP contribution in [0.5, 0.6) is 0 Å². The van der Waals surface area contributed by atoms with Crippen molar-refractivity contribution in [2.24, 2.45) is 7.05 Å². The van der Waals surface area contributed by atoms with Gasteiger partial charge in [-0.15, -0.1) is 0 Å². The van der Waals surface area contributed by atoms with Crippen molar-refractivity contribution in [2.75, 3.05) is 0 Å². The molecule has 1 heterocycles. The zero-order valence-electron chi connectivity index (χ0n) is 6.04. The van der Waals surface area contributed by atoms with Gasteiger partial charge in [-0.2, -0.15) is 0 Å². The summed E-state index contributed by atoms with van der Waals surface area (Å²) in [5, 5.41) is 0. The Labute approximate surface area is 60.5 Å². The van der Waals surface area contributed by atoms with Crippen LogP contribution in [-0.4, -0.2) is 9.55 Å². The fourth-order valence-corrected chi connectivity index (χ4v) is 0.683. The standard InChI is InChI=1S/C8H10N2/c1-4-7(2)8-5-10(3)6-9-8/h4-6H,1-2H2,3H3. The highest BCUT2D eigenvalue weighted by Crippen LogP contribution is 2.08. The molecule has 1 aromatic heterocycles. The van der Waals surface area contributed by atoms with Crippen molar-refractivity contribution >= 4 is 5.57 Å². The average Bonchev–Trinajstić information content (AvgIpc) is 2.34. The SMILES string of the molecule is C=CC(=C)c1cn(C)cn1. The van der Waals surface area contributed by atoms with Gasteiger partial charge in [0.25, 0.3) is 0 Å². The number of hydrogen-bond donors (Lipinski definition) is 0. The summed E-state index contributed by atoms with van der Waals surface area (Å²) in [7, 11) is 1.92. The number of imidazole rings is 1. The van der Waals surface area contributed by atoms with Crippen LogP contribution < -0.4 is 0 Å². The summed E-state index contributed by atoms with van der Waals surface area (Å²) in [5.41, 5.74) is 1.75. The molecule has 0 fully saturated rings. The molecule has 0 aliphatic carbocycles. The van der Waals surface area contributed by atoms with E-state index in [-0.39, 0.29) is 0 Å². The molecular formula is C8H10N2. The van der Waals surface area contributed by atoms with E-state index in [9.17, 15) is 0 Å². The second kappa shape index (κ2) is 2.52. The lowest BCUT2D eigenvalue weighted by molar-refractivity contribution is 0.913. The van der Waals surface area contributed by atoms with E-state index in [4.69, 9.17) is 0 Å². The lowest BCUT2D eigenvalue weighted by Crippen LogP contribution is -1.78. The predicted molar refractivity (Wildman–Crippen MR) is 42.4 cm³/mol. The van der Waals surface area contributed by atoms with Crippen molar-refractivity contribution < 1.29 is 0 Å². The quantitative estimate of drug-likeness (QED) is 0.562. The Kier molecular flexibility index (Phi) is 1.71. The molecule has 0 atom stereocenters. The number of allylic oxidation sites excluding steroid dienone is 2. The van der Waals surface area contributed by atoms with E-state index < -0.39 is 0 Å². The molecule has 0 aromatic carbocycles. The summed E-state index contributed by atoms with van der Waals surface area (Å²) in [4.78, 5) is 4.08. The Balaban J connectivity index is 2.95. The number of nitrogens with zero attached hydrogens (tertiary/aromatic N) is 2. The van der Waals surface area contributed by atoms with E-state index in [0.29, 0.717) is 0 Å². The molecule has 2 nitrogen and oxygen atoms in total. The number of aryl methyl sites for hydroxylation is 1. The van der Waals surface area contributed by atoms with Gasteiger partial charge in [-0.1, -0.05) is 19.2 Å². The van der Waals surface area contributed by atoms with Gasteiger partial charge in [0.15, 0.2) is 0 Å². The molecule has 52 valence electrons. The van der Waals surface area contributed by atoms with Crippen LogP contribution in [0.1, 0.15) is 5.69 Å². The molecule has 0 bridgehead atoms. The average molecular weight is 134 g/mol. The van der Waals surface area contributed by atoms with Crippen LogP contribution in [0.2, 0.25) is 0 Å². The minimum atomic E-state index is 0.862. The van der Waals surface area contributed by atoms with Gasteiger partial charge in [0.2, 0.25) is 0 Å². The van der Waals surface area contributed by atoms with Crippen molar-refractivity contribution in [3.05, 3.63) is 37.5 Å². The fourth-order valence-electron chi connectivity index (χ4n) is 0.683. The first kappa shape index (κ1) is 6.81. The highest BCUT2D eigenvalue weighted by atomic mass is 15.0. The molecular weight excluding hydrogens is 124 g/mol. The van der Waals surface area contributed by atoms with Gasteiger partial charge in [0.05, 0.1) is 12.0 Å². The first-order valence-electron chi connectivity index (χ1n) is 3.03. The second-order valence-electron chi connectivity index (χ2n) is 2.15. The monoisotopic (exact) mass is 134 g/mol. The van der Waals surface area contributed by atoms with Gasteiger partial charge >= 0.3 is 0 Å². The Morgan fingerprint density at radius 1 is 1.80 bits per heavy atom. The van der Waals surface area contributed by atoms with Crippen molar-refractivity contribution in [1.29, 1.82) is 0 Å². The molecule has 0 spiro atoms. The van der Waals surface area contributed by atoms with E-state index in [0.717, 1.165) is 11.3 Å². The largest absolute Gasteiger partial charge is 0.340 e. The molecule has 0 saturated carbocycles. The van der Waals surface area contributed by atoms with E-state index in [1.165, 1.54) is 0 Å². The normalized spacial score (nSPS) is 9.30. The molecule has 2 heteroatoms. The first-order chi connectivity index (χ1) is 4.74. The van der Waals surface area contributed by atoms with Gasteiger partial charge in [0, 0.05) is 13.2 Å². The van der Waals surface area contributed by atoms with Crippen molar-refractivity contribution in [1.82, 2.24) is 9.55 Å². The maximum atomic E-state index is 4.08. The van der Waals surface area contributed by atoms with Gasteiger partial charge in [0.1, 0.15) is 0 Å². The molecule has 0 radical (unpaired) electrons. The molecule has 0 N–H and O–H groups in total. The minimum Gasteiger partial charge on any atom is -0.340 e. The zero-order chi connectivity index (χ0) is 7.56. The second-order valence-corrected chi connectivity index (χ2v) is 2.15. The number of hydrogen-bond acceptors (Lipinski definition) is 1. The van der Waals surface area contributed by atoms with E-state index in [1.54, 1.807) is 12.4 Å². The Hall–Kier alpha value is -1.31. The summed E-state index contributed by atoms with van der Waals surface area (Å²) < 4.78 is 1.88. The highest BCUT2D eigenvalue weighted by molar-refractivity contribution is 5.68. The van der Waals surface area contributed by atoms with Crippen molar-refractivity contribution in [3.63, 3.8) is 0 Å². The minimum absolute atomic E-state index is 0.862. The smallest absolute Gasteiger partial charge is 0.0951 e. The molecule has 1 aromatic rings. The van der Waals surface area contributed by atoms with E-state index in [2.05, 4.69) is 18.1 Å². The molecule has 0 amide bonds. The summed E-state index contributed by atoms with van der Waals surface area (Å²) in [6, 6.07) is 0. The van der Waals surface area contributed by atoms with Gasteiger partial charge < -0.3 is 4.57 Å². The number of rotatable bonds is 2. The highest BCUT2D eigenvalue weighted by Gasteiger charge is 1.95. The van der Waals surface area contributed by atoms with Crippen LogP contribution in [0.15, 0.2) is 31.8 Å². The molecule has 0 aliphatic rings. The topological polar surface area (TPSA) is 17.8 Å². The fraction of sp³-hybridized carbons (Fsp3) is 0.125. The summed E-state index contributed by atoms with van der Waals surface area (Å²) in [5.74, 6) is 0. The maximum absolute atomic E-state index is 4.08. The Morgan fingerprint density at radius 2 is 2.50 bits per heavy atom. The van der Waals surface area contributed by atoms with Crippen LogP contribution in [0, 0.1) is 0 Å². The Bertz CT molecular complexity index is 258. The van der Waals surface area contributed by atoms with Gasteiger partial charge in [-0.3, -0.25) is 0 Å². The van der Waals surface area contributed by atoms with Crippen LogP contribution >= 0.6 is 0 Å². The Morgan fingerprint density at radius 3 is 2.90 bits per heavy atom. The van der Waals surface area contributed by atoms with Crippen LogP contribution in [0.3, 0.4) is 0 Å². The van der Waals surface area contributed by atoms with Crippen LogP contribution in [0.4, 0.5) is 0 Å². The van der Waals surface area contributed by atoms with Crippen molar-refractivity contribution in [3.8, 4) is 0 Å². The molecule has 0 saturated heterocycles. The molecule has 0 unspecified atom stereocenters. The van der Waals surface area contributed by atoms with Crippen molar-refractivity contribution in [2.45, 2.75) is 0 Å². The predicted octanol–water partition coefficient (Wildman–Crippen LogP) is 1.62. The number of aromatic nitrogens is 2. The first-order valence-corrected chi connectivity index (χ1v) is 3.03. The third kappa shape index (κ3) is 1.16. The maximum Gasteiger partial charge on any atom is 0.0951 e. The molecule has 0 aliphatic heterocycles. The van der Waals surface area contributed by atoms with Crippen LogP contribution in [0.25, 0.3) is 5.57 Å². The lowest BCUT2D eigenvalue weighted by Gasteiger charge is -1.89. The third-order valence-electron chi connectivity index (χ3n) is 1.28. The van der Waals surface area contributed by atoms with Gasteiger partial charge in [-0.05, 0) is 5.57 Å². The van der Waals surface area contributed by atoms with E-state index >= 15 is 0 Å². The lowest BCUT2D eigenvalue weighted by atomic mass is 10.2. The summed E-state index contributed by atoms with van der Waals surface area (Å²) in [6.07, 6.45) is 5.34. The third-order valence-corrected chi connectivity index (χ3v) is 1.28. The summed E-state index contributed by atoms with van der Waals surface area (Å²) >= 11 is 0. The van der Waals surface area contributed by atoms with E-state index in [1.807, 2.05) is 17.8 Å². The zero-order valence-corrected chi connectivity index (χ0v) is 6.04.